The minimum atomic E-state index is -1.20. The Morgan fingerprint density at radius 1 is 0.507 bits per heavy atom. The van der Waals surface area contributed by atoms with Gasteiger partial charge in [0.25, 0.3) is 0 Å². The highest BCUT2D eigenvalue weighted by molar-refractivity contribution is 7.80. The predicted octanol–water partition coefficient (Wildman–Crippen LogP) is 11.0. The fraction of sp³-hybridized carbons (Fsp3) is 0.893. The van der Waals surface area contributed by atoms with E-state index >= 15 is 0 Å². The summed E-state index contributed by atoms with van der Waals surface area (Å²) >= 11 is 4.09. The molecule has 15 heteroatoms. The second kappa shape index (κ2) is 49.3. The van der Waals surface area contributed by atoms with Crippen LogP contribution in [0.15, 0.2) is 0 Å². The number of thiol groups is 1. The molecule has 0 rings (SSSR count). The minimum absolute atomic E-state index is 0.0111. The van der Waals surface area contributed by atoms with Crippen molar-refractivity contribution < 1.29 is 43.3 Å². The SMILES string of the molecule is CCCCCCCCC(CCCCCC)C(=O)OCCCCCCN(CCCCCCOC(=O)C(CCCCCC)CCCCCCCC)CCNC(=O)C(N)CCC(=O)NC(CS)C(=O)NCC(=O)O. The van der Waals surface area contributed by atoms with Gasteiger partial charge in [-0.05, 0) is 70.9 Å². The van der Waals surface area contributed by atoms with Gasteiger partial charge in [-0.15, -0.1) is 0 Å². The van der Waals surface area contributed by atoms with E-state index in [1.807, 2.05) is 0 Å². The molecule has 0 spiro atoms. The summed E-state index contributed by atoms with van der Waals surface area (Å²) in [5.41, 5.74) is 6.15. The number of carboxylic acid groups (broad SMARTS) is 1. The summed E-state index contributed by atoms with van der Waals surface area (Å²) in [7, 11) is 0. The second-order valence-electron chi connectivity index (χ2n) is 20.1. The molecule has 0 aromatic rings. The Balaban J connectivity index is 5.12. The maximum Gasteiger partial charge on any atom is 0.322 e. The Hall–Kier alpha value is -2.91. The van der Waals surface area contributed by atoms with Crippen molar-refractivity contribution in [1.82, 2.24) is 20.9 Å². The normalized spacial score (nSPS) is 13.1. The number of nitrogens with one attached hydrogen (secondary N) is 3. The van der Waals surface area contributed by atoms with Crippen molar-refractivity contribution in [1.29, 1.82) is 0 Å². The van der Waals surface area contributed by atoms with Crippen LogP contribution in [0.2, 0.25) is 0 Å². The quantitative estimate of drug-likeness (QED) is 0.0192. The number of nitrogens with two attached hydrogens (primary N) is 1. The lowest BCUT2D eigenvalue weighted by atomic mass is 9.94. The molecule has 4 atom stereocenters. The number of rotatable bonds is 52. The zero-order chi connectivity index (χ0) is 52.6. The molecule has 0 aliphatic heterocycles. The molecule has 71 heavy (non-hydrogen) atoms. The Kier molecular flexibility index (Phi) is 47.3. The van der Waals surface area contributed by atoms with Crippen LogP contribution in [-0.2, 0) is 38.2 Å². The summed E-state index contributed by atoms with van der Waals surface area (Å²) in [6, 6.07) is -1.94. The number of carbonyl (C=O) groups excluding carboxylic acids is 5. The molecular weight excluding hydrogens is 919 g/mol. The lowest BCUT2D eigenvalue weighted by molar-refractivity contribution is -0.150. The van der Waals surface area contributed by atoms with Crippen LogP contribution in [0.1, 0.15) is 246 Å². The number of unbranched alkanes of at least 4 members (excludes halogenated alkanes) is 22. The van der Waals surface area contributed by atoms with Gasteiger partial charge in [-0.25, -0.2) is 0 Å². The third kappa shape index (κ3) is 41.2. The van der Waals surface area contributed by atoms with E-state index in [9.17, 15) is 28.8 Å². The number of nitrogens with zero attached hydrogens (tertiary/aromatic N) is 1. The molecule has 0 aromatic heterocycles. The van der Waals surface area contributed by atoms with E-state index < -0.39 is 36.4 Å². The third-order valence-electron chi connectivity index (χ3n) is 13.5. The Morgan fingerprint density at radius 3 is 1.32 bits per heavy atom. The van der Waals surface area contributed by atoms with Gasteiger partial charge in [0.15, 0.2) is 0 Å². The topological polar surface area (TPSA) is 206 Å². The molecule has 0 radical (unpaired) electrons. The first-order valence-electron chi connectivity index (χ1n) is 28.9. The van der Waals surface area contributed by atoms with Crippen LogP contribution in [0.4, 0.5) is 0 Å². The maximum atomic E-state index is 13.1. The molecule has 14 nitrogen and oxygen atoms in total. The molecule has 0 aromatic carbocycles. The molecule has 4 unspecified atom stereocenters. The number of esters is 2. The zero-order valence-electron chi connectivity index (χ0n) is 45.7. The van der Waals surface area contributed by atoms with Crippen molar-refractivity contribution in [3.05, 3.63) is 0 Å². The van der Waals surface area contributed by atoms with Crippen molar-refractivity contribution in [2.75, 3.05) is 51.7 Å². The second-order valence-corrected chi connectivity index (χ2v) is 20.4. The van der Waals surface area contributed by atoms with Crippen LogP contribution in [-0.4, -0.2) is 109 Å². The minimum Gasteiger partial charge on any atom is -0.480 e. The summed E-state index contributed by atoms with van der Waals surface area (Å²) in [5, 5.41) is 16.5. The van der Waals surface area contributed by atoms with Crippen LogP contribution >= 0.6 is 12.6 Å². The third-order valence-corrected chi connectivity index (χ3v) is 13.9. The van der Waals surface area contributed by atoms with Crippen LogP contribution in [0.3, 0.4) is 0 Å². The molecule has 3 amide bonds. The van der Waals surface area contributed by atoms with E-state index in [4.69, 9.17) is 20.3 Å². The first-order chi connectivity index (χ1) is 34.4. The Labute approximate surface area is 438 Å². The standard InChI is InChI=1S/C56H107N5O9S/c1-5-9-13-17-19-27-35-47(33-25-15-11-7-3)55(67)69-43-31-23-21-29-40-61(42-39-58-53(65)49(57)37-38-51(62)60-50(46-71)54(66)59-45-52(63)64)41-30-22-24-32-44-70-56(68)48(34-26-16-12-8-4)36-28-20-18-14-10-6-2/h47-50,71H,5-46,57H2,1-4H3,(H,58,65)(H,59,66)(H,60,62)(H,63,64). The van der Waals surface area contributed by atoms with E-state index in [0.717, 1.165) is 116 Å². The van der Waals surface area contributed by atoms with E-state index in [1.165, 1.54) is 103 Å². The Bertz CT molecular complexity index is 1290. The molecule has 0 bridgehead atoms. The van der Waals surface area contributed by atoms with Gasteiger partial charge in [0.1, 0.15) is 12.6 Å². The monoisotopic (exact) mass is 1030 g/mol. The summed E-state index contributed by atoms with van der Waals surface area (Å²) in [6.45, 7) is 12.0. The Morgan fingerprint density at radius 2 is 0.901 bits per heavy atom. The molecular formula is C56H107N5O9S. The summed E-state index contributed by atoms with van der Waals surface area (Å²) < 4.78 is 11.7. The lowest BCUT2D eigenvalue weighted by Crippen LogP contribution is -2.49. The fourth-order valence-corrected chi connectivity index (χ4v) is 9.13. The number of aliphatic carboxylic acids is 1. The molecule has 416 valence electrons. The molecule has 0 saturated carbocycles. The summed E-state index contributed by atoms with van der Waals surface area (Å²) in [5.74, 6) is -2.75. The van der Waals surface area contributed by atoms with Gasteiger partial charge >= 0.3 is 17.9 Å². The highest BCUT2D eigenvalue weighted by atomic mass is 32.1. The summed E-state index contributed by atoms with van der Waals surface area (Å²) in [4.78, 5) is 77.1. The van der Waals surface area contributed by atoms with Gasteiger partial charge in [-0.2, -0.15) is 12.6 Å². The largest absolute Gasteiger partial charge is 0.480 e. The maximum absolute atomic E-state index is 13.1. The van der Waals surface area contributed by atoms with Crippen LogP contribution < -0.4 is 21.7 Å². The first kappa shape index (κ1) is 68.1. The van der Waals surface area contributed by atoms with Crippen molar-refractivity contribution in [2.45, 2.75) is 258 Å². The number of carbonyl (C=O) groups is 6. The van der Waals surface area contributed by atoms with Crippen molar-refractivity contribution in [2.24, 2.45) is 17.6 Å². The molecule has 6 N–H and O–H groups in total. The smallest absolute Gasteiger partial charge is 0.322 e. The zero-order valence-corrected chi connectivity index (χ0v) is 46.6. The van der Waals surface area contributed by atoms with Crippen molar-refractivity contribution in [3.63, 3.8) is 0 Å². The van der Waals surface area contributed by atoms with Crippen LogP contribution in [0, 0.1) is 11.8 Å². The molecule has 0 fully saturated rings. The highest BCUT2D eigenvalue weighted by Crippen LogP contribution is 2.22. The van der Waals surface area contributed by atoms with Crippen LogP contribution in [0.5, 0.6) is 0 Å². The van der Waals surface area contributed by atoms with Crippen molar-refractivity contribution in [3.8, 4) is 0 Å². The first-order valence-corrected chi connectivity index (χ1v) is 29.6. The number of hydrogen-bond acceptors (Lipinski definition) is 11. The van der Waals surface area contributed by atoms with E-state index in [2.05, 4.69) is 61.2 Å². The molecule has 0 aliphatic rings. The highest BCUT2D eigenvalue weighted by Gasteiger charge is 2.23. The van der Waals surface area contributed by atoms with Gasteiger partial charge in [0, 0.05) is 25.3 Å². The van der Waals surface area contributed by atoms with Gasteiger partial charge < -0.3 is 41.2 Å². The van der Waals surface area contributed by atoms with Crippen LogP contribution in [0.25, 0.3) is 0 Å². The number of carboxylic acids is 1. The molecule has 0 aliphatic carbocycles. The van der Waals surface area contributed by atoms with Gasteiger partial charge in [0.2, 0.25) is 17.7 Å². The number of hydrogen-bond donors (Lipinski definition) is 6. The van der Waals surface area contributed by atoms with Crippen molar-refractivity contribution >= 4 is 48.3 Å². The fourth-order valence-electron chi connectivity index (χ4n) is 8.87. The molecule has 0 saturated heterocycles. The number of amides is 3. The van der Waals surface area contributed by atoms with Gasteiger partial charge in [0.05, 0.1) is 31.1 Å². The summed E-state index contributed by atoms with van der Waals surface area (Å²) in [6.07, 6.45) is 35.2. The van der Waals surface area contributed by atoms with E-state index in [1.54, 1.807) is 0 Å². The number of ether oxygens (including phenoxy) is 2. The average Bonchev–Trinajstić information content (AvgIpc) is 3.36. The van der Waals surface area contributed by atoms with E-state index in [0.29, 0.717) is 26.3 Å². The van der Waals surface area contributed by atoms with E-state index in [-0.39, 0.29) is 48.3 Å². The lowest BCUT2D eigenvalue weighted by Gasteiger charge is -2.23. The van der Waals surface area contributed by atoms with Gasteiger partial charge in [-0.1, -0.05) is 182 Å². The molecule has 0 heterocycles. The average molecular weight is 1030 g/mol. The van der Waals surface area contributed by atoms with Gasteiger partial charge in [-0.3, -0.25) is 28.8 Å². The predicted molar refractivity (Wildman–Crippen MR) is 292 cm³/mol.